The number of carbonyl (C=O) groups is 2. The molecule has 2 aliphatic rings. The maximum absolute atomic E-state index is 12.8. The monoisotopic (exact) mass is 339 g/mol. The van der Waals surface area contributed by atoms with Gasteiger partial charge in [0.1, 0.15) is 0 Å². The standard InChI is InChI=1S/C19H21N3O3/c20-10-13-5-7-21(11-13)19(24)18-15(6-8-25-18)12-22-16-4-2-1-3-14(16)9-17(22)23/h1-4,6,8,13H,5,7,9-12,20H2. The van der Waals surface area contributed by atoms with Gasteiger partial charge in [-0.25, -0.2) is 0 Å². The number of amides is 2. The van der Waals surface area contributed by atoms with Gasteiger partial charge in [0.05, 0.1) is 19.2 Å². The summed E-state index contributed by atoms with van der Waals surface area (Å²) in [6.07, 6.45) is 2.85. The summed E-state index contributed by atoms with van der Waals surface area (Å²) < 4.78 is 5.48. The summed E-state index contributed by atoms with van der Waals surface area (Å²) in [5.41, 5.74) is 8.39. The molecule has 4 rings (SSSR count). The Morgan fingerprint density at radius 1 is 1.28 bits per heavy atom. The molecule has 130 valence electrons. The number of nitrogens with zero attached hydrogens (tertiary/aromatic N) is 2. The summed E-state index contributed by atoms with van der Waals surface area (Å²) >= 11 is 0. The van der Waals surface area contributed by atoms with Crippen molar-refractivity contribution < 1.29 is 14.0 Å². The van der Waals surface area contributed by atoms with Crippen LogP contribution in [-0.4, -0.2) is 36.3 Å². The van der Waals surface area contributed by atoms with E-state index in [4.69, 9.17) is 10.2 Å². The summed E-state index contributed by atoms with van der Waals surface area (Å²) in [4.78, 5) is 28.7. The molecule has 2 N–H and O–H groups in total. The molecule has 2 amide bonds. The molecule has 0 spiro atoms. The second kappa shape index (κ2) is 6.37. The summed E-state index contributed by atoms with van der Waals surface area (Å²) in [6, 6.07) is 9.53. The van der Waals surface area contributed by atoms with Gasteiger partial charge in [-0.1, -0.05) is 18.2 Å². The number of hydrogen-bond donors (Lipinski definition) is 1. The Morgan fingerprint density at radius 2 is 2.12 bits per heavy atom. The smallest absolute Gasteiger partial charge is 0.289 e. The minimum absolute atomic E-state index is 0.0465. The number of furan rings is 1. The van der Waals surface area contributed by atoms with Crippen molar-refractivity contribution in [3.05, 3.63) is 53.5 Å². The number of anilines is 1. The van der Waals surface area contributed by atoms with Crippen LogP contribution in [0.15, 0.2) is 41.0 Å². The summed E-state index contributed by atoms with van der Waals surface area (Å²) in [6.45, 7) is 2.31. The first kappa shape index (κ1) is 15.9. The van der Waals surface area contributed by atoms with Crippen LogP contribution in [0.1, 0.15) is 28.1 Å². The molecule has 25 heavy (non-hydrogen) atoms. The molecule has 0 bridgehead atoms. The van der Waals surface area contributed by atoms with Crippen LogP contribution < -0.4 is 10.6 Å². The quantitative estimate of drug-likeness (QED) is 0.921. The third kappa shape index (κ3) is 2.82. The molecule has 0 saturated carbocycles. The number of benzene rings is 1. The fraction of sp³-hybridized carbons (Fsp3) is 0.368. The molecule has 1 aromatic carbocycles. The number of carbonyl (C=O) groups excluding carboxylic acids is 2. The Bertz CT molecular complexity index is 814. The predicted molar refractivity (Wildman–Crippen MR) is 93.1 cm³/mol. The van der Waals surface area contributed by atoms with Gasteiger partial charge >= 0.3 is 0 Å². The van der Waals surface area contributed by atoms with Gasteiger partial charge in [-0.05, 0) is 36.6 Å². The van der Waals surface area contributed by atoms with Crippen LogP contribution in [0.4, 0.5) is 5.69 Å². The van der Waals surface area contributed by atoms with Crippen molar-refractivity contribution in [2.24, 2.45) is 11.7 Å². The molecular weight excluding hydrogens is 318 g/mol. The molecule has 1 fully saturated rings. The van der Waals surface area contributed by atoms with Crippen molar-refractivity contribution in [1.82, 2.24) is 4.90 Å². The molecule has 2 aliphatic heterocycles. The SMILES string of the molecule is NCC1CCN(C(=O)c2occc2CN2C(=O)Cc3ccccc32)C1. The van der Waals surface area contributed by atoms with Crippen molar-refractivity contribution in [2.75, 3.05) is 24.5 Å². The zero-order chi connectivity index (χ0) is 17.4. The first-order valence-corrected chi connectivity index (χ1v) is 8.61. The minimum atomic E-state index is -0.115. The predicted octanol–water partition coefficient (Wildman–Crippen LogP) is 1.79. The number of hydrogen-bond acceptors (Lipinski definition) is 4. The van der Waals surface area contributed by atoms with Crippen LogP contribution in [0, 0.1) is 5.92 Å². The average Bonchev–Trinajstić information content (AvgIpc) is 3.34. The van der Waals surface area contributed by atoms with Crippen molar-refractivity contribution in [3.63, 3.8) is 0 Å². The van der Waals surface area contributed by atoms with Gasteiger partial charge in [-0.2, -0.15) is 0 Å². The summed E-state index contributed by atoms with van der Waals surface area (Å²) in [7, 11) is 0. The molecule has 1 atom stereocenters. The lowest BCUT2D eigenvalue weighted by Gasteiger charge is -2.19. The highest BCUT2D eigenvalue weighted by Gasteiger charge is 2.32. The largest absolute Gasteiger partial charge is 0.459 e. The molecule has 1 saturated heterocycles. The Balaban J connectivity index is 1.55. The fourth-order valence-corrected chi connectivity index (χ4v) is 3.66. The molecule has 3 heterocycles. The highest BCUT2D eigenvalue weighted by molar-refractivity contribution is 6.01. The highest BCUT2D eigenvalue weighted by atomic mass is 16.3. The first-order chi connectivity index (χ1) is 12.2. The van der Waals surface area contributed by atoms with Crippen LogP contribution in [0.5, 0.6) is 0 Å². The normalized spacial score (nSPS) is 19.6. The number of rotatable bonds is 4. The van der Waals surface area contributed by atoms with Gasteiger partial charge in [0.2, 0.25) is 5.91 Å². The second-order valence-corrected chi connectivity index (χ2v) is 6.70. The third-order valence-electron chi connectivity index (χ3n) is 5.10. The van der Waals surface area contributed by atoms with E-state index in [9.17, 15) is 9.59 Å². The van der Waals surface area contributed by atoms with Crippen LogP contribution >= 0.6 is 0 Å². The lowest BCUT2D eigenvalue weighted by atomic mass is 10.1. The van der Waals surface area contributed by atoms with Crippen molar-refractivity contribution in [1.29, 1.82) is 0 Å². The van der Waals surface area contributed by atoms with Crippen molar-refractivity contribution in [3.8, 4) is 0 Å². The molecule has 6 nitrogen and oxygen atoms in total. The first-order valence-electron chi connectivity index (χ1n) is 8.61. The van der Waals surface area contributed by atoms with Gasteiger partial charge in [-0.15, -0.1) is 0 Å². The molecular formula is C19H21N3O3. The number of para-hydroxylation sites is 1. The summed E-state index contributed by atoms with van der Waals surface area (Å²) in [5, 5.41) is 0. The maximum atomic E-state index is 12.8. The van der Waals surface area contributed by atoms with Gasteiger partial charge in [0.25, 0.3) is 5.91 Å². The zero-order valence-corrected chi connectivity index (χ0v) is 14.0. The minimum Gasteiger partial charge on any atom is -0.459 e. The van der Waals surface area contributed by atoms with Crippen molar-refractivity contribution in [2.45, 2.75) is 19.4 Å². The van der Waals surface area contributed by atoms with Gasteiger partial charge in [0, 0.05) is 24.3 Å². The Kier molecular flexibility index (Phi) is 4.05. The molecule has 0 aliphatic carbocycles. The Labute approximate surface area is 146 Å². The van der Waals surface area contributed by atoms with Crippen molar-refractivity contribution >= 4 is 17.5 Å². The number of fused-ring (bicyclic) bond motifs is 1. The summed E-state index contributed by atoms with van der Waals surface area (Å²) in [5.74, 6) is 0.616. The van der Waals surface area contributed by atoms with Gasteiger partial charge in [0.15, 0.2) is 5.76 Å². The van der Waals surface area contributed by atoms with E-state index in [0.29, 0.717) is 44.3 Å². The van der Waals surface area contributed by atoms with Gasteiger partial charge < -0.3 is 20.0 Å². The van der Waals surface area contributed by atoms with E-state index in [1.165, 1.54) is 6.26 Å². The van der Waals surface area contributed by atoms with Crippen LogP contribution in [0.3, 0.4) is 0 Å². The van der Waals surface area contributed by atoms with Gasteiger partial charge in [-0.3, -0.25) is 9.59 Å². The van der Waals surface area contributed by atoms with Crippen LogP contribution in [0.25, 0.3) is 0 Å². The molecule has 1 unspecified atom stereocenters. The Hall–Kier alpha value is -2.60. The second-order valence-electron chi connectivity index (χ2n) is 6.70. The molecule has 1 aromatic heterocycles. The average molecular weight is 339 g/mol. The zero-order valence-electron chi connectivity index (χ0n) is 14.0. The van der Waals surface area contributed by atoms with E-state index < -0.39 is 0 Å². The number of nitrogens with two attached hydrogens (primary N) is 1. The number of likely N-dealkylation sites (tertiary alicyclic amines) is 1. The topological polar surface area (TPSA) is 79.8 Å². The van der Waals surface area contributed by atoms with E-state index in [-0.39, 0.29) is 11.8 Å². The van der Waals surface area contributed by atoms with E-state index >= 15 is 0 Å². The van der Waals surface area contributed by atoms with Crippen LogP contribution in [-0.2, 0) is 17.8 Å². The highest BCUT2D eigenvalue weighted by Crippen LogP contribution is 2.31. The van der Waals surface area contributed by atoms with E-state index in [1.54, 1.807) is 15.9 Å². The molecule has 2 aromatic rings. The lowest BCUT2D eigenvalue weighted by Crippen LogP contribution is -2.31. The molecule has 0 radical (unpaired) electrons. The van der Waals surface area contributed by atoms with E-state index in [1.807, 2.05) is 24.3 Å². The van der Waals surface area contributed by atoms with Crippen LogP contribution in [0.2, 0.25) is 0 Å². The Morgan fingerprint density at radius 3 is 2.92 bits per heavy atom. The van der Waals surface area contributed by atoms with E-state index in [0.717, 1.165) is 23.2 Å². The maximum Gasteiger partial charge on any atom is 0.289 e. The van der Waals surface area contributed by atoms with E-state index in [2.05, 4.69) is 0 Å². The molecule has 6 heteroatoms. The third-order valence-corrected chi connectivity index (χ3v) is 5.10. The lowest BCUT2D eigenvalue weighted by molar-refractivity contribution is -0.117. The fourth-order valence-electron chi connectivity index (χ4n) is 3.66.